The molecule has 10 heteroatoms. The van der Waals surface area contributed by atoms with Gasteiger partial charge in [0, 0.05) is 20.1 Å². The van der Waals surface area contributed by atoms with Crippen molar-refractivity contribution in [1.29, 1.82) is 0 Å². The Morgan fingerprint density at radius 3 is 2.42 bits per heavy atom. The predicted octanol–water partition coefficient (Wildman–Crippen LogP) is -1.24. The average Bonchev–Trinajstić information content (AvgIpc) is 2.27. The Morgan fingerprint density at radius 2 is 1.95 bits per heavy atom. The summed E-state index contributed by atoms with van der Waals surface area (Å²) in [4.78, 5) is 21.2. The molecule has 0 saturated carbocycles. The lowest BCUT2D eigenvalue weighted by Crippen LogP contribution is -2.47. The van der Waals surface area contributed by atoms with Gasteiger partial charge in [-0.3, -0.25) is 9.59 Å². The summed E-state index contributed by atoms with van der Waals surface area (Å²) in [6.45, 7) is 0.158. The zero-order chi connectivity index (χ0) is 14.9. The molecule has 0 heterocycles. The number of carboxylic acids is 2. The lowest BCUT2D eigenvalue weighted by molar-refractivity contribution is -0.140. The van der Waals surface area contributed by atoms with Crippen LogP contribution in [0.3, 0.4) is 0 Å². The van der Waals surface area contributed by atoms with E-state index in [1.165, 1.54) is 7.11 Å². The molecular formula is C9H18N2O7S. The molecule has 0 aromatic rings. The van der Waals surface area contributed by atoms with Gasteiger partial charge in [-0.1, -0.05) is 0 Å². The zero-order valence-electron chi connectivity index (χ0n) is 10.5. The van der Waals surface area contributed by atoms with Crippen molar-refractivity contribution in [2.75, 3.05) is 20.3 Å². The van der Waals surface area contributed by atoms with Gasteiger partial charge in [0.25, 0.3) is 10.2 Å². The van der Waals surface area contributed by atoms with Crippen LogP contribution in [0.1, 0.15) is 19.3 Å². The van der Waals surface area contributed by atoms with Gasteiger partial charge in [0.15, 0.2) is 0 Å². The Morgan fingerprint density at radius 1 is 1.32 bits per heavy atom. The lowest BCUT2D eigenvalue weighted by atomic mass is 10.1. The standard InChI is InChI=1S/C9H18N2O7S/c1-18-6-5-10-19(16,17)11-7(9(14)15)3-2-4-8(12)13/h7,10-11H,2-6H2,1H3,(H,12,13)(H,14,15)/t7-/m1/s1. The summed E-state index contributed by atoms with van der Waals surface area (Å²) < 4.78 is 31.6. The summed E-state index contributed by atoms with van der Waals surface area (Å²) in [5.74, 6) is -2.42. The number of ether oxygens (including phenoxy) is 1. The Kier molecular flexibility index (Phi) is 8.23. The number of hydrogen-bond donors (Lipinski definition) is 4. The lowest BCUT2D eigenvalue weighted by Gasteiger charge is -2.14. The van der Waals surface area contributed by atoms with Crippen molar-refractivity contribution in [3.05, 3.63) is 0 Å². The van der Waals surface area contributed by atoms with Gasteiger partial charge in [-0.15, -0.1) is 0 Å². The second kappa shape index (κ2) is 8.80. The zero-order valence-corrected chi connectivity index (χ0v) is 11.3. The first kappa shape index (κ1) is 17.8. The molecule has 0 aliphatic rings. The van der Waals surface area contributed by atoms with E-state index in [2.05, 4.69) is 9.46 Å². The monoisotopic (exact) mass is 298 g/mol. The molecule has 0 saturated heterocycles. The fraction of sp³-hybridized carbons (Fsp3) is 0.778. The normalized spacial score (nSPS) is 13.1. The van der Waals surface area contributed by atoms with Gasteiger partial charge >= 0.3 is 11.9 Å². The van der Waals surface area contributed by atoms with Crippen LogP contribution in [0.25, 0.3) is 0 Å². The minimum atomic E-state index is -3.96. The minimum Gasteiger partial charge on any atom is -0.481 e. The summed E-state index contributed by atoms with van der Waals surface area (Å²) in [7, 11) is -2.56. The van der Waals surface area contributed by atoms with Crippen molar-refractivity contribution in [3.8, 4) is 0 Å². The number of rotatable bonds is 11. The molecule has 9 nitrogen and oxygen atoms in total. The molecule has 0 amide bonds. The van der Waals surface area contributed by atoms with E-state index in [0.29, 0.717) is 0 Å². The molecule has 19 heavy (non-hydrogen) atoms. The van der Waals surface area contributed by atoms with E-state index >= 15 is 0 Å². The highest BCUT2D eigenvalue weighted by atomic mass is 32.2. The smallest absolute Gasteiger partial charge is 0.321 e. The number of carboxylic acid groups (broad SMARTS) is 2. The predicted molar refractivity (Wildman–Crippen MR) is 64.8 cm³/mol. The number of aliphatic carboxylic acids is 2. The molecule has 0 rings (SSSR count). The van der Waals surface area contributed by atoms with Crippen LogP contribution >= 0.6 is 0 Å². The van der Waals surface area contributed by atoms with E-state index in [4.69, 9.17) is 10.2 Å². The first-order chi connectivity index (χ1) is 8.78. The minimum absolute atomic E-state index is 0.00724. The highest BCUT2D eigenvalue weighted by Gasteiger charge is 2.23. The third kappa shape index (κ3) is 9.36. The first-order valence-electron chi connectivity index (χ1n) is 5.49. The molecule has 0 aliphatic carbocycles. The highest BCUT2D eigenvalue weighted by Crippen LogP contribution is 2.02. The maximum Gasteiger partial charge on any atom is 0.321 e. The van der Waals surface area contributed by atoms with E-state index in [-0.39, 0.29) is 32.4 Å². The molecule has 0 aliphatic heterocycles. The number of methoxy groups -OCH3 is 1. The van der Waals surface area contributed by atoms with Crippen molar-refractivity contribution in [1.82, 2.24) is 9.44 Å². The van der Waals surface area contributed by atoms with Crippen LogP contribution in [-0.4, -0.2) is 56.9 Å². The highest BCUT2D eigenvalue weighted by molar-refractivity contribution is 7.87. The van der Waals surface area contributed by atoms with Crippen LogP contribution in [0.15, 0.2) is 0 Å². The maximum atomic E-state index is 11.5. The van der Waals surface area contributed by atoms with E-state index in [1.807, 2.05) is 4.72 Å². The van der Waals surface area contributed by atoms with Crippen LogP contribution in [0.4, 0.5) is 0 Å². The van der Waals surface area contributed by atoms with Crippen molar-refractivity contribution < 1.29 is 33.0 Å². The largest absolute Gasteiger partial charge is 0.481 e. The topological polar surface area (TPSA) is 142 Å². The average molecular weight is 298 g/mol. The number of carbonyl (C=O) groups is 2. The van der Waals surface area contributed by atoms with Gasteiger partial charge < -0.3 is 14.9 Å². The summed E-state index contributed by atoms with van der Waals surface area (Å²) in [5.41, 5.74) is 0. The number of hydrogen-bond acceptors (Lipinski definition) is 5. The van der Waals surface area contributed by atoms with Gasteiger partial charge in [0.1, 0.15) is 6.04 Å². The van der Waals surface area contributed by atoms with Crippen molar-refractivity contribution in [2.24, 2.45) is 0 Å². The van der Waals surface area contributed by atoms with Gasteiger partial charge in [0.2, 0.25) is 0 Å². The summed E-state index contributed by atoms with van der Waals surface area (Å²) in [5, 5.41) is 17.3. The molecule has 1 atom stereocenters. The second-order valence-corrected chi connectivity index (χ2v) is 5.22. The molecule has 112 valence electrons. The summed E-state index contributed by atoms with van der Waals surface area (Å²) >= 11 is 0. The van der Waals surface area contributed by atoms with Crippen LogP contribution in [0.2, 0.25) is 0 Å². The van der Waals surface area contributed by atoms with E-state index in [0.717, 1.165) is 0 Å². The molecule has 0 radical (unpaired) electrons. The van der Waals surface area contributed by atoms with E-state index in [9.17, 15) is 18.0 Å². The van der Waals surface area contributed by atoms with Gasteiger partial charge in [-0.05, 0) is 12.8 Å². The number of nitrogens with one attached hydrogen (secondary N) is 2. The molecule has 0 spiro atoms. The molecule has 0 aromatic heterocycles. The molecule has 0 unspecified atom stereocenters. The molecule has 0 fully saturated rings. The van der Waals surface area contributed by atoms with Crippen molar-refractivity contribution >= 4 is 22.1 Å². The van der Waals surface area contributed by atoms with E-state index < -0.39 is 28.2 Å². The molecule has 0 aromatic carbocycles. The van der Waals surface area contributed by atoms with Crippen molar-refractivity contribution in [3.63, 3.8) is 0 Å². The van der Waals surface area contributed by atoms with Crippen LogP contribution in [0, 0.1) is 0 Å². The molecule has 4 N–H and O–H groups in total. The second-order valence-electron chi connectivity index (χ2n) is 3.69. The SMILES string of the molecule is COCCNS(=O)(=O)N[C@H](CCCC(=O)O)C(=O)O. The summed E-state index contributed by atoms with van der Waals surface area (Å²) in [6, 6.07) is -1.36. The maximum absolute atomic E-state index is 11.5. The van der Waals surface area contributed by atoms with Gasteiger partial charge in [-0.2, -0.15) is 17.9 Å². The fourth-order valence-electron chi connectivity index (χ4n) is 1.20. The Labute approximate surface area is 111 Å². The fourth-order valence-corrected chi connectivity index (χ4v) is 2.23. The quantitative estimate of drug-likeness (QED) is 0.350. The van der Waals surface area contributed by atoms with Gasteiger partial charge in [0.05, 0.1) is 6.61 Å². The summed E-state index contributed by atoms with van der Waals surface area (Å²) in [6.07, 6.45) is -0.262. The Hall–Kier alpha value is -1.23. The Bertz CT molecular complexity index is 395. The Balaban J connectivity index is 4.32. The van der Waals surface area contributed by atoms with Crippen LogP contribution < -0.4 is 9.44 Å². The van der Waals surface area contributed by atoms with Gasteiger partial charge in [-0.25, -0.2) is 0 Å². The van der Waals surface area contributed by atoms with Crippen molar-refractivity contribution in [2.45, 2.75) is 25.3 Å². The van der Waals surface area contributed by atoms with Crippen LogP contribution in [-0.2, 0) is 24.5 Å². The molecule has 0 bridgehead atoms. The third-order valence-electron chi connectivity index (χ3n) is 2.08. The first-order valence-corrected chi connectivity index (χ1v) is 6.97. The molecular weight excluding hydrogens is 280 g/mol. The third-order valence-corrected chi connectivity index (χ3v) is 3.26. The van der Waals surface area contributed by atoms with Crippen LogP contribution in [0.5, 0.6) is 0 Å². The van der Waals surface area contributed by atoms with E-state index in [1.54, 1.807) is 0 Å².